The SMILES string of the molecule is CCCc1cc(C(=O)NCCCNc2ccc(C)cn2)no1. The number of hydrogen-bond donors (Lipinski definition) is 2. The molecule has 22 heavy (non-hydrogen) atoms. The van der Waals surface area contributed by atoms with Crippen LogP contribution in [0.15, 0.2) is 28.9 Å². The van der Waals surface area contributed by atoms with Gasteiger partial charge in [-0.05, 0) is 31.4 Å². The van der Waals surface area contributed by atoms with E-state index in [4.69, 9.17) is 4.52 Å². The molecule has 6 nitrogen and oxygen atoms in total. The molecule has 2 heterocycles. The van der Waals surface area contributed by atoms with E-state index in [2.05, 4.69) is 27.7 Å². The molecule has 0 aliphatic heterocycles. The molecule has 0 aromatic carbocycles. The van der Waals surface area contributed by atoms with Crippen molar-refractivity contribution < 1.29 is 9.32 Å². The number of aromatic nitrogens is 2. The van der Waals surface area contributed by atoms with Crippen LogP contribution in [0.5, 0.6) is 0 Å². The van der Waals surface area contributed by atoms with Crippen LogP contribution in [0.25, 0.3) is 0 Å². The highest BCUT2D eigenvalue weighted by atomic mass is 16.5. The monoisotopic (exact) mass is 302 g/mol. The van der Waals surface area contributed by atoms with Crippen molar-refractivity contribution in [3.63, 3.8) is 0 Å². The molecule has 1 amide bonds. The van der Waals surface area contributed by atoms with Crippen molar-refractivity contribution in [3.05, 3.63) is 41.4 Å². The lowest BCUT2D eigenvalue weighted by Gasteiger charge is -2.06. The van der Waals surface area contributed by atoms with Gasteiger partial charge in [-0.2, -0.15) is 0 Å². The molecule has 118 valence electrons. The van der Waals surface area contributed by atoms with Gasteiger partial charge in [0.25, 0.3) is 5.91 Å². The third-order valence-corrected chi connectivity index (χ3v) is 3.14. The maximum absolute atomic E-state index is 11.9. The molecular weight excluding hydrogens is 280 g/mol. The van der Waals surface area contributed by atoms with E-state index in [0.29, 0.717) is 12.2 Å². The summed E-state index contributed by atoms with van der Waals surface area (Å²) in [5.41, 5.74) is 1.48. The van der Waals surface area contributed by atoms with E-state index in [1.54, 1.807) is 6.07 Å². The van der Waals surface area contributed by atoms with Gasteiger partial charge in [0, 0.05) is 31.8 Å². The van der Waals surface area contributed by atoms with Crippen molar-refractivity contribution in [3.8, 4) is 0 Å². The van der Waals surface area contributed by atoms with Gasteiger partial charge in [0.1, 0.15) is 11.6 Å². The number of aryl methyl sites for hydroxylation is 2. The summed E-state index contributed by atoms with van der Waals surface area (Å²) >= 11 is 0. The molecule has 0 saturated heterocycles. The van der Waals surface area contributed by atoms with Crippen molar-refractivity contribution in [1.29, 1.82) is 0 Å². The predicted octanol–water partition coefficient (Wildman–Crippen LogP) is 2.56. The second kappa shape index (κ2) is 8.17. The molecular formula is C16H22N4O2. The number of amides is 1. The van der Waals surface area contributed by atoms with Gasteiger partial charge in [0.15, 0.2) is 5.69 Å². The largest absolute Gasteiger partial charge is 0.370 e. The molecule has 0 radical (unpaired) electrons. The van der Waals surface area contributed by atoms with E-state index in [-0.39, 0.29) is 5.91 Å². The van der Waals surface area contributed by atoms with Crippen molar-refractivity contribution in [2.45, 2.75) is 33.1 Å². The maximum Gasteiger partial charge on any atom is 0.273 e. The van der Waals surface area contributed by atoms with Crippen molar-refractivity contribution in [1.82, 2.24) is 15.5 Å². The molecule has 2 aromatic rings. The molecule has 2 aromatic heterocycles. The lowest BCUT2D eigenvalue weighted by atomic mass is 10.2. The molecule has 0 bridgehead atoms. The molecule has 0 atom stereocenters. The number of carbonyl (C=O) groups excluding carboxylic acids is 1. The molecule has 0 saturated carbocycles. The first-order valence-electron chi connectivity index (χ1n) is 7.59. The number of nitrogens with zero attached hydrogens (tertiary/aromatic N) is 2. The number of nitrogens with one attached hydrogen (secondary N) is 2. The number of anilines is 1. The third kappa shape index (κ3) is 4.87. The van der Waals surface area contributed by atoms with Gasteiger partial charge >= 0.3 is 0 Å². The molecule has 2 N–H and O–H groups in total. The van der Waals surface area contributed by atoms with E-state index in [1.165, 1.54) is 0 Å². The van der Waals surface area contributed by atoms with Gasteiger partial charge in [0.05, 0.1) is 0 Å². The van der Waals surface area contributed by atoms with Crippen LogP contribution in [0.4, 0.5) is 5.82 Å². The average molecular weight is 302 g/mol. The third-order valence-electron chi connectivity index (χ3n) is 3.14. The van der Waals surface area contributed by atoms with Crippen LogP contribution >= 0.6 is 0 Å². The summed E-state index contributed by atoms with van der Waals surface area (Å²) < 4.78 is 5.09. The zero-order valence-corrected chi connectivity index (χ0v) is 13.1. The Hall–Kier alpha value is -2.37. The van der Waals surface area contributed by atoms with E-state index >= 15 is 0 Å². The van der Waals surface area contributed by atoms with Crippen LogP contribution in [0.3, 0.4) is 0 Å². The lowest BCUT2D eigenvalue weighted by Crippen LogP contribution is -2.26. The zero-order chi connectivity index (χ0) is 15.8. The van der Waals surface area contributed by atoms with Crippen molar-refractivity contribution >= 4 is 11.7 Å². The predicted molar refractivity (Wildman–Crippen MR) is 84.9 cm³/mol. The Morgan fingerprint density at radius 3 is 2.91 bits per heavy atom. The van der Waals surface area contributed by atoms with Crippen LogP contribution in [0.2, 0.25) is 0 Å². The van der Waals surface area contributed by atoms with Gasteiger partial charge in [-0.1, -0.05) is 18.1 Å². The standard InChI is InChI=1S/C16H22N4O2/c1-3-5-13-10-14(20-22-13)16(21)18-9-4-8-17-15-7-6-12(2)11-19-15/h6-7,10-11H,3-5,8-9H2,1-2H3,(H,17,19)(H,18,21). The summed E-state index contributed by atoms with van der Waals surface area (Å²) in [7, 11) is 0. The van der Waals surface area contributed by atoms with E-state index < -0.39 is 0 Å². The summed E-state index contributed by atoms with van der Waals surface area (Å²) in [5.74, 6) is 1.40. The number of hydrogen-bond acceptors (Lipinski definition) is 5. The molecule has 2 rings (SSSR count). The fraction of sp³-hybridized carbons (Fsp3) is 0.438. The van der Waals surface area contributed by atoms with Crippen LogP contribution in [-0.2, 0) is 6.42 Å². The Kier molecular flexibility index (Phi) is 5.94. The average Bonchev–Trinajstić information content (AvgIpc) is 2.98. The smallest absolute Gasteiger partial charge is 0.273 e. The summed E-state index contributed by atoms with van der Waals surface area (Å²) in [6.45, 7) is 5.38. The van der Waals surface area contributed by atoms with E-state index in [0.717, 1.165) is 42.9 Å². The first-order chi connectivity index (χ1) is 10.7. The summed E-state index contributed by atoms with van der Waals surface area (Å²) in [4.78, 5) is 16.1. The molecule has 6 heteroatoms. The Bertz CT molecular complexity index is 592. The number of pyridine rings is 1. The van der Waals surface area contributed by atoms with Gasteiger partial charge in [-0.3, -0.25) is 4.79 Å². The number of carbonyl (C=O) groups is 1. The van der Waals surface area contributed by atoms with E-state index in [9.17, 15) is 4.79 Å². The lowest BCUT2D eigenvalue weighted by molar-refractivity contribution is 0.0944. The van der Waals surface area contributed by atoms with E-state index in [1.807, 2.05) is 25.3 Å². The quantitative estimate of drug-likeness (QED) is 0.733. The van der Waals surface area contributed by atoms with Crippen LogP contribution < -0.4 is 10.6 Å². The summed E-state index contributed by atoms with van der Waals surface area (Å²) in [6, 6.07) is 5.65. The topological polar surface area (TPSA) is 80.0 Å². The molecule has 0 fully saturated rings. The van der Waals surface area contributed by atoms with Crippen LogP contribution in [-0.4, -0.2) is 29.1 Å². The zero-order valence-electron chi connectivity index (χ0n) is 13.1. The van der Waals surface area contributed by atoms with Gasteiger partial charge in [0.2, 0.25) is 0 Å². The van der Waals surface area contributed by atoms with Gasteiger partial charge in [-0.15, -0.1) is 0 Å². The fourth-order valence-corrected chi connectivity index (χ4v) is 1.95. The molecule has 0 aliphatic carbocycles. The Balaban J connectivity index is 1.65. The van der Waals surface area contributed by atoms with Crippen LogP contribution in [0.1, 0.15) is 41.6 Å². The molecule has 0 aliphatic rings. The Labute approximate surface area is 130 Å². The first kappa shape index (κ1) is 16.0. The second-order valence-electron chi connectivity index (χ2n) is 5.19. The first-order valence-corrected chi connectivity index (χ1v) is 7.59. The summed E-state index contributed by atoms with van der Waals surface area (Å²) in [6.07, 6.45) is 4.40. The minimum atomic E-state index is -0.195. The normalized spacial score (nSPS) is 10.5. The molecule has 0 unspecified atom stereocenters. The highest BCUT2D eigenvalue weighted by molar-refractivity contribution is 5.92. The fourth-order valence-electron chi connectivity index (χ4n) is 1.95. The van der Waals surface area contributed by atoms with Gasteiger partial charge in [-0.25, -0.2) is 4.98 Å². The Morgan fingerprint density at radius 2 is 2.18 bits per heavy atom. The van der Waals surface area contributed by atoms with Gasteiger partial charge < -0.3 is 15.2 Å². The number of rotatable bonds is 8. The minimum absolute atomic E-state index is 0.195. The maximum atomic E-state index is 11.9. The van der Waals surface area contributed by atoms with Crippen LogP contribution in [0, 0.1) is 6.92 Å². The molecule has 0 spiro atoms. The van der Waals surface area contributed by atoms with Crippen molar-refractivity contribution in [2.75, 3.05) is 18.4 Å². The Morgan fingerprint density at radius 1 is 1.32 bits per heavy atom. The highest BCUT2D eigenvalue weighted by Gasteiger charge is 2.11. The summed E-state index contributed by atoms with van der Waals surface area (Å²) in [5, 5.41) is 9.81. The van der Waals surface area contributed by atoms with Crippen molar-refractivity contribution in [2.24, 2.45) is 0 Å². The minimum Gasteiger partial charge on any atom is -0.370 e. The highest BCUT2D eigenvalue weighted by Crippen LogP contribution is 2.06. The second-order valence-corrected chi connectivity index (χ2v) is 5.19.